The molecule has 12 heavy (non-hydrogen) atoms. The maximum atomic E-state index is 10.3. The van der Waals surface area contributed by atoms with Gasteiger partial charge < -0.3 is 5.11 Å². The third-order valence-corrected chi connectivity index (χ3v) is 3.01. The smallest absolute Gasteiger partial charge is 0.307 e. The molecule has 0 radical (unpaired) electrons. The molecule has 2 nitrogen and oxygen atoms in total. The van der Waals surface area contributed by atoms with Crippen LogP contribution in [0.2, 0.25) is 0 Å². The van der Waals surface area contributed by atoms with Crippen LogP contribution in [-0.4, -0.2) is 11.1 Å². The van der Waals surface area contributed by atoms with E-state index in [1.54, 1.807) is 0 Å². The van der Waals surface area contributed by atoms with Crippen LogP contribution in [0.5, 0.6) is 0 Å². The Bertz CT molecular complexity index is 317. The van der Waals surface area contributed by atoms with E-state index in [0.29, 0.717) is 5.57 Å². The lowest BCUT2D eigenvalue weighted by Gasteiger charge is -1.96. The topological polar surface area (TPSA) is 37.3 Å². The average Bonchev–Trinajstić information content (AvgIpc) is 2.34. The summed E-state index contributed by atoms with van der Waals surface area (Å²) < 4.78 is 0.990. The van der Waals surface area contributed by atoms with Crippen molar-refractivity contribution >= 4 is 38.8 Å². The van der Waals surface area contributed by atoms with Gasteiger partial charge in [-0.3, -0.25) is 4.79 Å². The minimum absolute atomic E-state index is 0.00690. The summed E-state index contributed by atoms with van der Waals surface area (Å²) in [6.45, 7) is 3.69. The molecule has 0 aliphatic heterocycles. The largest absolute Gasteiger partial charge is 0.481 e. The van der Waals surface area contributed by atoms with Crippen LogP contribution in [0.3, 0.4) is 0 Å². The van der Waals surface area contributed by atoms with E-state index in [2.05, 4.69) is 22.5 Å². The number of halogens is 1. The second kappa shape index (κ2) is 3.87. The number of carboxylic acid groups (broad SMARTS) is 1. The van der Waals surface area contributed by atoms with Crippen LogP contribution < -0.4 is 0 Å². The van der Waals surface area contributed by atoms with Gasteiger partial charge in [-0.2, -0.15) is 0 Å². The van der Waals surface area contributed by atoms with Crippen LogP contribution >= 0.6 is 27.3 Å². The monoisotopic (exact) mass is 246 g/mol. The van der Waals surface area contributed by atoms with Gasteiger partial charge >= 0.3 is 5.97 Å². The Balaban J connectivity index is 2.72. The van der Waals surface area contributed by atoms with Gasteiger partial charge in [0.05, 0.1) is 10.2 Å². The van der Waals surface area contributed by atoms with Gasteiger partial charge in [-0.05, 0) is 33.6 Å². The Morgan fingerprint density at radius 3 is 2.75 bits per heavy atom. The fraction of sp³-hybridized carbons (Fsp3) is 0.125. The van der Waals surface area contributed by atoms with Crippen molar-refractivity contribution in [3.05, 3.63) is 27.4 Å². The van der Waals surface area contributed by atoms with Crippen molar-refractivity contribution in [2.75, 3.05) is 0 Å². The second-order valence-electron chi connectivity index (χ2n) is 2.28. The van der Waals surface area contributed by atoms with E-state index in [-0.39, 0.29) is 6.42 Å². The van der Waals surface area contributed by atoms with Gasteiger partial charge in [-0.15, -0.1) is 11.3 Å². The van der Waals surface area contributed by atoms with Gasteiger partial charge in [0.1, 0.15) is 0 Å². The van der Waals surface area contributed by atoms with Crippen molar-refractivity contribution in [2.24, 2.45) is 0 Å². The van der Waals surface area contributed by atoms with Crippen molar-refractivity contribution < 1.29 is 9.90 Å². The first-order valence-corrected chi connectivity index (χ1v) is 4.86. The predicted octanol–water partition coefficient (Wildman–Crippen LogP) is 3.00. The van der Waals surface area contributed by atoms with Gasteiger partial charge in [-0.1, -0.05) is 6.58 Å². The Morgan fingerprint density at radius 2 is 2.33 bits per heavy atom. The summed E-state index contributed by atoms with van der Waals surface area (Å²) in [5.41, 5.74) is 0.651. The molecule has 64 valence electrons. The molecule has 0 bridgehead atoms. The number of carbonyl (C=O) groups is 1. The maximum Gasteiger partial charge on any atom is 0.307 e. The molecule has 0 atom stereocenters. The zero-order chi connectivity index (χ0) is 9.14. The molecule has 0 aliphatic rings. The van der Waals surface area contributed by atoms with E-state index in [4.69, 9.17) is 5.11 Å². The van der Waals surface area contributed by atoms with Crippen LogP contribution in [0.25, 0.3) is 5.57 Å². The zero-order valence-electron chi connectivity index (χ0n) is 6.21. The highest BCUT2D eigenvalue weighted by molar-refractivity contribution is 9.11. The number of hydrogen-bond acceptors (Lipinski definition) is 2. The minimum Gasteiger partial charge on any atom is -0.481 e. The third-order valence-electron chi connectivity index (χ3n) is 1.29. The second-order valence-corrected chi connectivity index (χ2v) is 4.74. The van der Waals surface area contributed by atoms with Crippen molar-refractivity contribution in [2.45, 2.75) is 6.42 Å². The van der Waals surface area contributed by atoms with Crippen LogP contribution in [0.15, 0.2) is 22.5 Å². The molecule has 0 aliphatic carbocycles. The van der Waals surface area contributed by atoms with E-state index in [0.717, 1.165) is 8.66 Å². The Labute approximate surface area is 82.7 Å². The van der Waals surface area contributed by atoms with Gasteiger partial charge in [0, 0.05) is 4.88 Å². The quantitative estimate of drug-likeness (QED) is 0.891. The van der Waals surface area contributed by atoms with E-state index < -0.39 is 5.97 Å². The van der Waals surface area contributed by atoms with Crippen LogP contribution in [0.4, 0.5) is 0 Å². The third kappa shape index (κ3) is 2.46. The zero-order valence-corrected chi connectivity index (χ0v) is 8.61. The summed E-state index contributed by atoms with van der Waals surface area (Å²) in [7, 11) is 0. The Hall–Kier alpha value is -0.610. The molecule has 0 saturated carbocycles. The van der Waals surface area contributed by atoms with E-state index in [9.17, 15) is 4.79 Å². The molecule has 4 heteroatoms. The average molecular weight is 247 g/mol. The minimum atomic E-state index is -0.843. The molecule has 1 aromatic heterocycles. The van der Waals surface area contributed by atoms with Crippen molar-refractivity contribution in [1.29, 1.82) is 0 Å². The fourth-order valence-electron chi connectivity index (χ4n) is 0.774. The van der Waals surface area contributed by atoms with Crippen molar-refractivity contribution in [3.63, 3.8) is 0 Å². The van der Waals surface area contributed by atoms with Crippen LogP contribution in [-0.2, 0) is 4.79 Å². The molecule has 1 aromatic rings. The summed E-state index contributed by atoms with van der Waals surface area (Å²) in [4.78, 5) is 11.2. The molecule has 1 rings (SSSR count). The number of aliphatic carboxylic acids is 1. The Kier molecular flexibility index (Phi) is 3.05. The maximum absolute atomic E-state index is 10.3. The van der Waals surface area contributed by atoms with Gasteiger partial charge in [0.2, 0.25) is 0 Å². The molecule has 0 spiro atoms. The van der Waals surface area contributed by atoms with E-state index >= 15 is 0 Å². The predicted molar refractivity (Wildman–Crippen MR) is 53.3 cm³/mol. The molecule has 0 unspecified atom stereocenters. The molecule has 0 aromatic carbocycles. The summed E-state index contributed by atoms with van der Waals surface area (Å²) in [6, 6.07) is 3.74. The molecule has 0 amide bonds. The van der Waals surface area contributed by atoms with E-state index in [1.165, 1.54) is 11.3 Å². The molecule has 0 saturated heterocycles. The van der Waals surface area contributed by atoms with Gasteiger partial charge in [-0.25, -0.2) is 0 Å². The van der Waals surface area contributed by atoms with Crippen LogP contribution in [0.1, 0.15) is 11.3 Å². The van der Waals surface area contributed by atoms with Crippen LogP contribution in [0, 0.1) is 0 Å². The fourth-order valence-corrected chi connectivity index (χ4v) is 2.13. The highest BCUT2D eigenvalue weighted by atomic mass is 79.9. The summed E-state index contributed by atoms with van der Waals surface area (Å²) in [5, 5.41) is 8.48. The standard InChI is InChI=1S/C8H7BrO2S/c1-5(4-8(10)11)6-2-3-7(9)12-6/h2-3H,1,4H2,(H,10,11). The summed E-state index contributed by atoms with van der Waals surface area (Å²) >= 11 is 4.79. The van der Waals surface area contributed by atoms with Crippen molar-refractivity contribution in [1.82, 2.24) is 0 Å². The number of rotatable bonds is 3. The normalized spacial score (nSPS) is 9.75. The highest BCUT2D eigenvalue weighted by Gasteiger charge is 2.05. The molecular weight excluding hydrogens is 240 g/mol. The number of hydrogen-bond donors (Lipinski definition) is 1. The lowest BCUT2D eigenvalue weighted by molar-refractivity contribution is -0.135. The molecule has 1 heterocycles. The summed E-state index contributed by atoms with van der Waals surface area (Å²) in [5.74, 6) is -0.843. The SMILES string of the molecule is C=C(CC(=O)O)c1ccc(Br)s1. The molecular formula is C8H7BrO2S. The first-order chi connectivity index (χ1) is 5.59. The van der Waals surface area contributed by atoms with Gasteiger partial charge in [0.15, 0.2) is 0 Å². The number of carboxylic acids is 1. The molecule has 0 fully saturated rings. The van der Waals surface area contributed by atoms with Gasteiger partial charge in [0.25, 0.3) is 0 Å². The molecule has 1 N–H and O–H groups in total. The number of thiophene rings is 1. The highest BCUT2D eigenvalue weighted by Crippen LogP contribution is 2.28. The first kappa shape index (κ1) is 9.48. The lowest BCUT2D eigenvalue weighted by atomic mass is 10.2. The van der Waals surface area contributed by atoms with Crippen molar-refractivity contribution in [3.8, 4) is 0 Å². The lowest BCUT2D eigenvalue weighted by Crippen LogP contribution is -1.94. The van der Waals surface area contributed by atoms with E-state index in [1.807, 2.05) is 12.1 Å². The summed E-state index contributed by atoms with van der Waals surface area (Å²) in [6.07, 6.45) is 0.00690. The Morgan fingerprint density at radius 1 is 1.67 bits per heavy atom. The first-order valence-electron chi connectivity index (χ1n) is 3.25.